The highest BCUT2D eigenvalue weighted by Crippen LogP contribution is 2.19. The fourth-order valence-corrected chi connectivity index (χ4v) is 3.36. The molecule has 0 saturated heterocycles. The van der Waals surface area contributed by atoms with E-state index in [9.17, 15) is 9.59 Å². The lowest BCUT2D eigenvalue weighted by molar-refractivity contribution is -0.141. The molecule has 0 heterocycles. The van der Waals surface area contributed by atoms with Gasteiger partial charge < -0.3 is 15.0 Å². The second kappa shape index (κ2) is 10.3. The highest BCUT2D eigenvalue weighted by Gasteiger charge is 2.30. The van der Waals surface area contributed by atoms with E-state index in [1.807, 2.05) is 83.1 Å². The van der Waals surface area contributed by atoms with Crippen molar-refractivity contribution in [2.24, 2.45) is 0 Å². The molecule has 0 fully saturated rings. The summed E-state index contributed by atoms with van der Waals surface area (Å²) in [5, 5.41) is 3.04. The van der Waals surface area contributed by atoms with Gasteiger partial charge in [0, 0.05) is 12.1 Å². The number of aryl methyl sites for hydroxylation is 1. The second-order valence-corrected chi connectivity index (χ2v) is 8.64. The molecule has 2 aromatic carbocycles. The number of hydrogen-bond acceptors (Lipinski definition) is 3. The first-order valence-electron chi connectivity index (χ1n) is 10.4. The van der Waals surface area contributed by atoms with Crippen LogP contribution in [0.2, 0.25) is 0 Å². The quantitative estimate of drug-likeness (QED) is 0.707. The number of carbonyl (C=O) groups excluding carboxylic acids is 2. The van der Waals surface area contributed by atoms with E-state index >= 15 is 0 Å². The van der Waals surface area contributed by atoms with Gasteiger partial charge in [0.1, 0.15) is 11.8 Å². The average molecular weight is 411 g/mol. The van der Waals surface area contributed by atoms with Crippen molar-refractivity contribution >= 4 is 11.8 Å². The monoisotopic (exact) mass is 410 g/mol. The maximum Gasteiger partial charge on any atom is 0.243 e. The van der Waals surface area contributed by atoms with Gasteiger partial charge in [-0.05, 0) is 62.9 Å². The SMILES string of the molecule is CCC(C(=O)NC(C)(C)C)N(Cc1ccccc1C)C(=O)Cc1ccc(OC)cc1. The third kappa shape index (κ3) is 6.61. The number of nitrogens with one attached hydrogen (secondary N) is 1. The van der Waals surface area contributed by atoms with Crippen molar-refractivity contribution in [1.82, 2.24) is 10.2 Å². The third-order valence-corrected chi connectivity index (χ3v) is 5.00. The Morgan fingerprint density at radius 1 is 1.07 bits per heavy atom. The average Bonchev–Trinajstić information content (AvgIpc) is 2.68. The first kappa shape index (κ1) is 23.5. The molecule has 5 heteroatoms. The molecule has 0 spiro atoms. The summed E-state index contributed by atoms with van der Waals surface area (Å²) in [6.45, 7) is 10.2. The molecule has 1 atom stereocenters. The van der Waals surface area contributed by atoms with Crippen LogP contribution in [0.15, 0.2) is 48.5 Å². The Morgan fingerprint density at radius 3 is 2.23 bits per heavy atom. The summed E-state index contributed by atoms with van der Waals surface area (Å²) in [5.74, 6) is 0.556. The van der Waals surface area contributed by atoms with Crippen molar-refractivity contribution in [2.45, 2.75) is 65.6 Å². The van der Waals surface area contributed by atoms with Crippen LogP contribution in [0.4, 0.5) is 0 Å². The van der Waals surface area contributed by atoms with Gasteiger partial charge >= 0.3 is 0 Å². The van der Waals surface area contributed by atoms with E-state index in [0.717, 1.165) is 22.4 Å². The van der Waals surface area contributed by atoms with E-state index in [2.05, 4.69) is 5.32 Å². The fourth-order valence-electron chi connectivity index (χ4n) is 3.36. The molecule has 162 valence electrons. The van der Waals surface area contributed by atoms with E-state index < -0.39 is 6.04 Å². The smallest absolute Gasteiger partial charge is 0.243 e. The number of hydrogen-bond donors (Lipinski definition) is 1. The van der Waals surface area contributed by atoms with Gasteiger partial charge in [0.2, 0.25) is 11.8 Å². The Balaban J connectivity index is 2.31. The summed E-state index contributed by atoms with van der Waals surface area (Å²) in [7, 11) is 1.61. The number of nitrogens with zero attached hydrogens (tertiary/aromatic N) is 1. The Morgan fingerprint density at radius 2 is 1.70 bits per heavy atom. The fraction of sp³-hybridized carbons (Fsp3) is 0.440. The predicted octanol–water partition coefficient (Wildman–Crippen LogP) is 4.27. The number of methoxy groups -OCH3 is 1. The van der Waals surface area contributed by atoms with Crippen LogP contribution in [0.25, 0.3) is 0 Å². The van der Waals surface area contributed by atoms with Crippen molar-refractivity contribution in [2.75, 3.05) is 7.11 Å². The van der Waals surface area contributed by atoms with Crippen LogP contribution >= 0.6 is 0 Å². The summed E-state index contributed by atoms with van der Waals surface area (Å²) in [4.78, 5) is 28.1. The van der Waals surface area contributed by atoms with Crippen LogP contribution in [0, 0.1) is 6.92 Å². The van der Waals surface area contributed by atoms with E-state index in [1.54, 1.807) is 12.0 Å². The van der Waals surface area contributed by atoms with Crippen LogP contribution < -0.4 is 10.1 Å². The van der Waals surface area contributed by atoms with Crippen LogP contribution in [-0.4, -0.2) is 35.4 Å². The van der Waals surface area contributed by atoms with E-state index in [1.165, 1.54) is 0 Å². The summed E-state index contributed by atoms with van der Waals surface area (Å²) < 4.78 is 5.20. The van der Waals surface area contributed by atoms with Crippen LogP contribution in [-0.2, 0) is 22.6 Å². The minimum atomic E-state index is -0.533. The molecule has 5 nitrogen and oxygen atoms in total. The summed E-state index contributed by atoms with van der Waals surface area (Å²) in [5.41, 5.74) is 2.67. The Labute approximate surface area is 180 Å². The van der Waals surface area contributed by atoms with Gasteiger partial charge in [-0.1, -0.05) is 43.3 Å². The molecule has 0 bridgehead atoms. The number of benzene rings is 2. The van der Waals surface area contributed by atoms with Gasteiger partial charge in [-0.3, -0.25) is 9.59 Å². The van der Waals surface area contributed by atoms with E-state index in [-0.39, 0.29) is 23.8 Å². The normalized spacial score (nSPS) is 12.2. The molecule has 0 aromatic heterocycles. The first-order chi connectivity index (χ1) is 14.1. The van der Waals surface area contributed by atoms with Crippen LogP contribution in [0.1, 0.15) is 50.8 Å². The lowest BCUT2D eigenvalue weighted by atomic mass is 10.0. The van der Waals surface area contributed by atoms with Gasteiger partial charge in [0.25, 0.3) is 0 Å². The molecular formula is C25H34N2O3. The first-order valence-corrected chi connectivity index (χ1v) is 10.4. The molecule has 0 saturated carbocycles. The molecule has 1 unspecified atom stereocenters. The maximum atomic E-state index is 13.4. The molecular weight excluding hydrogens is 376 g/mol. The van der Waals surface area contributed by atoms with Crippen molar-refractivity contribution in [3.05, 3.63) is 65.2 Å². The minimum Gasteiger partial charge on any atom is -0.497 e. The van der Waals surface area contributed by atoms with Crippen LogP contribution in [0.3, 0.4) is 0 Å². The zero-order valence-electron chi connectivity index (χ0n) is 19.0. The van der Waals surface area contributed by atoms with Crippen molar-refractivity contribution in [3.63, 3.8) is 0 Å². The Hall–Kier alpha value is -2.82. The molecule has 0 aliphatic rings. The molecule has 0 radical (unpaired) electrons. The largest absolute Gasteiger partial charge is 0.497 e. The standard InChI is InChI=1S/C25H34N2O3/c1-7-22(24(29)26-25(3,4)5)27(17-20-11-9-8-10-18(20)2)23(28)16-19-12-14-21(30-6)15-13-19/h8-15,22H,7,16-17H2,1-6H3,(H,26,29). The van der Waals surface area contributed by atoms with Gasteiger partial charge in [0.15, 0.2) is 0 Å². The lowest BCUT2D eigenvalue weighted by Crippen LogP contribution is -2.53. The number of rotatable bonds is 8. The molecule has 2 aromatic rings. The summed E-state index contributed by atoms with van der Waals surface area (Å²) >= 11 is 0. The molecule has 2 rings (SSSR count). The number of ether oxygens (including phenoxy) is 1. The molecule has 30 heavy (non-hydrogen) atoms. The third-order valence-electron chi connectivity index (χ3n) is 5.00. The zero-order valence-corrected chi connectivity index (χ0v) is 19.0. The van der Waals surface area contributed by atoms with Crippen molar-refractivity contribution < 1.29 is 14.3 Å². The lowest BCUT2D eigenvalue weighted by Gasteiger charge is -2.33. The topological polar surface area (TPSA) is 58.6 Å². The molecule has 0 aliphatic carbocycles. The summed E-state index contributed by atoms with van der Waals surface area (Å²) in [6, 6.07) is 14.9. The minimum absolute atomic E-state index is 0.0701. The van der Waals surface area contributed by atoms with Gasteiger partial charge in [-0.2, -0.15) is 0 Å². The Bertz CT molecular complexity index is 853. The molecule has 2 amide bonds. The van der Waals surface area contributed by atoms with E-state index in [0.29, 0.717) is 13.0 Å². The number of carbonyl (C=O) groups is 2. The van der Waals surface area contributed by atoms with Gasteiger partial charge in [-0.25, -0.2) is 0 Å². The number of amides is 2. The second-order valence-electron chi connectivity index (χ2n) is 8.64. The van der Waals surface area contributed by atoms with Crippen molar-refractivity contribution in [1.29, 1.82) is 0 Å². The highest BCUT2D eigenvalue weighted by molar-refractivity contribution is 5.88. The molecule has 0 aliphatic heterocycles. The molecule has 1 N–H and O–H groups in total. The van der Waals surface area contributed by atoms with Gasteiger partial charge in [-0.15, -0.1) is 0 Å². The van der Waals surface area contributed by atoms with Crippen molar-refractivity contribution in [3.8, 4) is 5.75 Å². The van der Waals surface area contributed by atoms with E-state index in [4.69, 9.17) is 4.74 Å². The predicted molar refractivity (Wildman–Crippen MR) is 120 cm³/mol. The Kier molecular flexibility index (Phi) is 8.04. The van der Waals surface area contributed by atoms with Crippen LogP contribution in [0.5, 0.6) is 5.75 Å². The van der Waals surface area contributed by atoms with Gasteiger partial charge in [0.05, 0.1) is 13.5 Å². The highest BCUT2D eigenvalue weighted by atomic mass is 16.5. The summed E-state index contributed by atoms with van der Waals surface area (Å²) in [6.07, 6.45) is 0.775. The zero-order chi connectivity index (χ0) is 22.3. The maximum absolute atomic E-state index is 13.4.